The average molecular weight is 371 g/mol. The van der Waals surface area contributed by atoms with Crippen LogP contribution in [0.3, 0.4) is 0 Å². The highest BCUT2D eigenvalue weighted by atomic mass is 15.2. The van der Waals surface area contributed by atoms with E-state index in [9.17, 15) is 0 Å². The average Bonchev–Trinajstić information content (AvgIpc) is 2.63. The third kappa shape index (κ3) is 17.3. The topological polar surface area (TPSA) is 13.0 Å². The van der Waals surface area contributed by atoms with Crippen LogP contribution in [0.15, 0.2) is 0 Å². The zero-order chi connectivity index (χ0) is 19.6. The maximum absolute atomic E-state index is 2.49. The van der Waals surface area contributed by atoms with Gasteiger partial charge in [0.05, 0.1) is 0 Å². The minimum absolute atomic E-state index is 1.17. The second-order valence-electron chi connectivity index (χ2n) is 8.33. The van der Waals surface area contributed by atoms with Gasteiger partial charge in [0.25, 0.3) is 0 Å². The zero-order valence-corrected chi connectivity index (χ0v) is 19.1. The molecule has 0 unspecified atom stereocenters. The summed E-state index contributed by atoms with van der Waals surface area (Å²) in [4.78, 5) is 9.94. The van der Waals surface area contributed by atoms with Crippen LogP contribution in [-0.2, 0) is 0 Å². The summed E-state index contributed by atoms with van der Waals surface area (Å²) in [7, 11) is 9.06. The lowest BCUT2D eigenvalue weighted by atomic mass is 10.2. The summed E-state index contributed by atoms with van der Waals surface area (Å²) in [5.74, 6) is 0. The lowest BCUT2D eigenvalue weighted by Gasteiger charge is -2.26. The Morgan fingerprint density at radius 1 is 0.346 bits per heavy atom. The molecule has 0 aliphatic carbocycles. The Labute approximate surface area is 165 Å². The first-order chi connectivity index (χ1) is 12.5. The predicted octanol–water partition coefficient (Wildman–Crippen LogP) is 3.87. The van der Waals surface area contributed by atoms with Gasteiger partial charge < -0.3 is 19.6 Å². The largest absolute Gasteiger partial charge is 0.305 e. The molecule has 0 aliphatic rings. The fourth-order valence-electron chi connectivity index (χ4n) is 3.09. The second-order valence-corrected chi connectivity index (χ2v) is 8.33. The van der Waals surface area contributed by atoms with Crippen LogP contribution in [0.2, 0.25) is 0 Å². The van der Waals surface area contributed by atoms with Crippen molar-refractivity contribution in [3.05, 3.63) is 0 Å². The molecular weight excluding hydrogens is 320 g/mol. The molecule has 0 atom stereocenters. The summed E-state index contributed by atoms with van der Waals surface area (Å²) in [5.41, 5.74) is 0. The van der Waals surface area contributed by atoms with E-state index in [0.29, 0.717) is 0 Å². The van der Waals surface area contributed by atoms with Crippen LogP contribution < -0.4 is 0 Å². The van der Waals surface area contributed by atoms with Crippen molar-refractivity contribution in [2.45, 2.75) is 65.2 Å². The van der Waals surface area contributed by atoms with Gasteiger partial charge in [-0.05, 0) is 54.1 Å². The predicted molar refractivity (Wildman–Crippen MR) is 118 cm³/mol. The maximum atomic E-state index is 2.49. The zero-order valence-electron chi connectivity index (χ0n) is 19.1. The van der Waals surface area contributed by atoms with Crippen LogP contribution >= 0.6 is 0 Å². The van der Waals surface area contributed by atoms with E-state index in [1.807, 2.05) is 0 Å². The fourth-order valence-corrected chi connectivity index (χ4v) is 3.09. The molecule has 4 nitrogen and oxygen atoms in total. The summed E-state index contributed by atoms with van der Waals surface area (Å²) in [6, 6.07) is 0. The standard InChI is InChI=1S/C22H50N4/c1-7-9-11-13-15-23(3)17-19-25(5)21-22-26(6)20-18-24(4)16-14-12-10-8-2/h7-22H2,1-6H3. The molecule has 0 spiro atoms. The normalized spacial score (nSPS) is 12.2. The summed E-state index contributed by atoms with van der Waals surface area (Å²) in [6.07, 6.45) is 10.9. The minimum atomic E-state index is 1.17. The Hall–Kier alpha value is -0.160. The Balaban J connectivity index is 3.60. The van der Waals surface area contributed by atoms with Crippen molar-refractivity contribution in [1.82, 2.24) is 19.6 Å². The molecule has 0 saturated heterocycles. The van der Waals surface area contributed by atoms with E-state index < -0.39 is 0 Å². The molecule has 0 amide bonds. The van der Waals surface area contributed by atoms with Crippen molar-refractivity contribution < 1.29 is 0 Å². The molecule has 0 N–H and O–H groups in total. The fraction of sp³-hybridized carbons (Fsp3) is 1.00. The molecule has 0 aliphatic heterocycles. The van der Waals surface area contributed by atoms with E-state index in [2.05, 4.69) is 61.6 Å². The van der Waals surface area contributed by atoms with Crippen LogP contribution in [0.25, 0.3) is 0 Å². The molecule has 0 aromatic heterocycles. The lowest BCUT2D eigenvalue weighted by molar-refractivity contribution is 0.209. The van der Waals surface area contributed by atoms with Crippen LogP contribution in [0.1, 0.15) is 65.2 Å². The number of hydrogen-bond donors (Lipinski definition) is 0. The Morgan fingerprint density at radius 3 is 0.885 bits per heavy atom. The van der Waals surface area contributed by atoms with Gasteiger partial charge in [0, 0.05) is 39.3 Å². The Kier molecular flexibility index (Phi) is 18.1. The van der Waals surface area contributed by atoms with Gasteiger partial charge in [-0.1, -0.05) is 52.4 Å². The van der Waals surface area contributed by atoms with E-state index in [4.69, 9.17) is 0 Å². The molecular formula is C22H50N4. The molecule has 0 radical (unpaired) electrons. The second kappa shape index (κ2) is 18.2. The summed E-state index contributed by atoms with van der Waals surface area (Å²) in [6.45, 7) is 14.1. The van der Waals surface area contributed by atoms with E-state index in [1.54, 1.807) is 0 Å². The third-order valence-electron chi connectivity index (χ3n) is 5.38. The van der Waals surface area contributed by atoms with Crippen molar-refractivity contribution in [1.29, 1.82) is 0 Å². The third-order valence-corrected chi connectivity index (χ3v) is 5.38. The maximum Gasteiger partial charge on any atom is 0.0107 e. The number of nitrogens with zero attached hydrogens (tertiary/aromatic N) is 4. The van der Waals surface area contributed by atoms with Crippen LogP contribution in [0, 0.1) is 0 Å². The van der Waals surface area contributed by atoms with Crippen LogP contribution in [-0.4, -0.2) is 100 Å². The number of rotatable bonds is 19. The van der Waals surface area contributed by atoms with Gasteiger partial charge in [-0.25, -0.2) is 0 Å². The molecule has 0 fully saturated rings. The minimum Gasteiger partial charge on any atom is -0.305 e. The molecule has 0 rings (SSSR count). The van der Waals surface area contributed by atoms with Gasteiger partial charge in [0.1, 0.15) is 0 Å². The Bertz CT molecular complexity index is 257. The molecule has 26 heavy (non-hydrogen) atoms. The van der Waals surface area contributed by atoms with Crippen LogP contribution in [0.5, 0.6) is 0 Å². The van der Waals surface area contributed by atoms with Gasteiger partial charge in [0.15, 0.2) is 0 Å². The number of unbranched alkanes of at least 4 members (excludes halogenated alkanes) is 6. The molecule has 4 heteroatoms. The smallest absolute Gasteiger partial charge is 0.0107 e. The van der Waals surface area contributed by atoms with E-state index in [1.165, 1.54) is 104 Å². The highest BCUT2D eigenvalue weighted by molar-refractivity contribution is 4.62. The SMILES string of the molecule is CCCCCCN(C)CCN(C)CCN(C)CCN(C)CCCCCC. The molecule has 0 bridgehead atoms. The van der Waals surface area contributed by atoms with Crippen molar-refractivity contribution >= 4 is 0 Å². The highest BCUT2D eigenvalue weighted by Gasteiger charge is 2.06. The van der Waals surface area contributed by atoms with Crippen molar-refractivity contribution in [3.63, 3.8) is 0 Å². The van der Waals surface area contributed by atoms with E-state index in [-0.39, 0.29) is 0 Å². The first kappa shape index (κ1) is 25.8. The molecule has 158 valence electrons. The summed E-state index contributed by atoms with van der Waals surface area (Å²) < 4.78 is 0. The van der Waals surface area contributed by atoms with E-state index in [0.717, 1.165) is 0 Å². The van der Waals surface area contributed by atoms with Crippen molar-refractivity contribution in [2.75, 3.05) is 80.5 Å². The van der Waals surface area contributed by atoms with Gasteiger partial charge in [-0.15, -0.1) is 0 Å². The van der Waals surface area contributed by atoms with Gasteiger partial charge in [0.2, 0.25) is 0 Å². The Morgan fingerprint density at radius 2 is 0.615 bits per heavy atom. The van der Waals surface area contributed by atoms with Gasteiger partial charge in [-0.2, -0.15) is 0 Å². The number of likely N-dealkylation sites (N-methyl/N-ethyl adjacent to an activating group) is 4. The monoisotopic (exact) mass is 370 g/mol. The molecule has 0 aromatic rings. The quantitative estimate of drug-likeness (QED) is 0.320. The number of hydrogen-bond acceptors (Lipinski definition) is 4. The molecule has 0 aromatic carbocycles. The molecule has 0 heterocycles. The molecule has 0 saturated carbocycles. The van der Waals surface area contributed by atoms with Gasteiger partial charge in [-0.3, -0.25) is 0 Å². The van der Waals surface area contributed by atoms with Crippen molar-refractivity contribution in [3.8, 4) is 0 Å². The highest BCUT2D eigenvalue weighted by Crippen LogP contribution is 2.01. The van der Waals surface area contributed by atoms with Crippen molar-refractivity contribution in [2.24, 2.45) is 0 Å². The first-order valence-corrected chi connectivity index (χ1v) is 11.2. The summed E-state index contributed by atoms with van der Waals surface area (Å²) in [5, 5.41) is 0. The first-order valence-electron chi connectivity index (χ1n) is 11.2. The summed E-state index contributed by atoms with van der Waals surface area (Å²) >= 11 is 0. The van der Waals surface area contributed by atoms with Gasteiger partial charge >= 0.3 is 0 Å². The van der Waals surface area contributed by atoms with Crippen LogP contribution in [0.4, 0.5) is 0 Å². The lowest BCUT2D eigenvalue weighted by Crippen LogP contribution is -2.38. The van der Waals surface area contributed by atoms with E-state index >= 15 is 0 Å².